The van der Waals surface area contributed by atoms with Gasteiger partial charge in [0.2, 0.25) is 0 Å². The molecule has 4 heteroatoms. The first-order chi connectivity index (χ1) is 14.5. The summed E-state index contributed by atoms with van der Waals surface area (Å²) in [5, 5.41) is 30.2. The number of hydrogen-bond donors (Lipinski definition) is 3. The number of hydrogen-bond acceptors (Lipinski definition) is 3. The van der Waals surface area contributed by atoms with Crippen LogP contribution >= 0.6 is 0 Å². The molecule has 0 aliphatic heterocycles. The topological polar surface area (TPSA) is 60.7 Å². The van der Waals surface area contributed by atoms with E-state index in [-0.39, 0.29) is 6.42 Å². The predicted octanol–water partition coefficient (Wildman–Crippen LogP) is 6.00. The Morgan fingerprint density at radius 1 is 1.23 bits per heavy atom. The summed E-state index contributed by atoms with van der Waals surface area (Å²) < 4.78 is 13.4. The molecule has 0 heterocycles. The van der Waals surface area contributed by atoms with E-state index >= 15 is 0 Å². The third-order valence-corrected chi connectivity index (χ3v) is 8.47. The van der Waals surface area contributed by atoms with Crippen molar-refractivity contribution in [2.45, 2.75) is 110 Å². The van der Waals surface area contributed by atoms with Gasteiger partial charge in [-0.25, -0.2) is 4.39 Å². The van der Waals surface area contributed by atoms with Crippen molar-refractivity contribution in [3.8, 4) is 0 Å². The number of aliphatic hydroxyl groups is 3. The van der Waals surface area contributed by atoms with Gasteiger partial charge in [0.1, 0.15) is 0 Å². The molecule has 1 unspecified atom stereocenters. The number of fused-ring (bicyclic) bond motifs is 1. The minimum atomic E-state index is -0.921. The van der Waals surface area contributed by atoms with Gasteiger partial charge in [0.05, 0.1) is 24.1 Å². The summed E-state index contributed by atoms with van der Waals surface area (Å²) in [4.78, 5) is 0. The van der Waals surface area contributed by atoms with Gasteiger partial charge in [-0.1, -0.05) is 44.4 Å². The van der Waals surface area contributed by atoms with Crippen LogP contribution in [-0.2, 0) is 0 Å². The third kappa shape index (κ3) is 5.69. The molecule has 0 saturated heterocycles. The fourth-order valence-corrected chi connectivity index (χ4v) is 6.84. The van der Waals surface area contributed by atoms with Crippen LogP contribution in [0.5, 0.6) is 0 Å². The lowest BCUT2D eigenvalue weighted by atomic mass is 9.60. The molecular formula is C27H43FO3. The third-order valence-electron chi connectivity index (χ3n) is 8.47. The lowest BCUT2D eigenvalue weighted by Crippen LogP contribution is -2.36. The molecule has 31 heavy (non-hydrogen) atoms. The first kappa shape index (κ1) is 24.7. The van der Waals surface area contributed by atoms with E-state index in [2.05, 4.69) is 19.9 Å². The number of halogens is 1. The molecule has 0 amide bonds. The second-order valence-corrected chi connectivity index (χ2v) is 11.4. The lowest BCUT2D eigenvalue weighted by molar-refractivity contribution is 0.0596. The smallest absolute Gasteiger partial charge is 0.0927 e. The summed E-state index contributed by atoms with van der Waals surface area (Å²) in [7, 11) is 0. The van der Waals surface area contributed by atoms with Crippen molar-refractivity contribution in [3.05, 3.63) is 35.2 Å². The average molecular weight is 435 g/mol. The minimum absolute atomic E-state index is 0.206. The Morgan fingerprint density at radius 3 is 2.65 bits per heavy atom. The van der Waals surface area contributed by atoms with Gasteiger partial charge in [-0.15, -0.1) is 0 Å². The molecule has 0 aromatic rings. The number of aliphatic hydroxyl groups excluding tert-OH is 2. The molecule has 0 aromatic heterocycles. The molecule has 0 bridgehead atoms. The summed E-state index contributed by atoms with van der Waals surface area (Å²) in [6.45, 7) is 8.66. The van der Waals surface area contributed by atoms with E-state index in [1.807, 2.05) is 19.9 Å². The largest absolute Gasteiger partial charge is 0.393 e. The van der Waals surface area contributed by atoms with Crippen LogP contribution in [0.1, 0.15) is 91.9 Å². The van der Waals surface area contributed by atoms with E-state index in [0.29, 0.717) is 41.5 Å². The van der Waals surface area contributed by atoms with E-state index in [9.17, 15) is 19.7 Å². The first-order valence-electron chi connectivity index (χ1n) is 12.3. The SMILES string of the molecule is C[C@H](CCCC(C)(C)O)[C@H]1CCC2/C(=C/C=C3/C[C@@H](O)C[C@H](O)/C3=C/F)CCC[C@@]21C. The van der Waals surface area contributed by atoms with Crippen molar-refractivity contribution in [2.24, 2.45) is 23.2 Å². The molecule has 3 fully saturated rings. The van der Waals surface area contributed by atoms with Crippen molar-refractivity contribution >= 4 is 0 Å². The van der Waals surface area contributed by atoms with Crippen LogP contribution in [0.15, 0.2) is 35.2 Å². The van der Waals surface area contributed by atoms with Gasteiger partial charge in [-0.05, 0) is 87.5 Å². The molecule has 3 N–H and O–H groups in total. The van der Waals surface area contributed by atoms with Crippen molar-refractivity contribution in [2.75, 3.05) is 0 Å². The maximum atomic E-state index is 13.4. The van der Waals surface area contributed by atoms with Gasteiger partial charge < -0.3 is 15.3 Å². The normalized spacial score (nSPS) is 39.3. The molecular weight excluding hydrogens is 391 g/mol. The Balaban J connectivity index is 1.73. The Kier molecular flexibility index (Phi) is 7.87. The molecule has 3 aliphatic carbocycles. The summed E-state index contributed by atoms with van der Waals surface area (Å²) in [5.74, 6) is 1.92. The fourth-order valence-electron chi connectivity index (χ4n) is 6.84. The standard InChI is InChI=1S/C27H43FO3/c1-18(7-5-13-26(2,3)31)23-11-12-24-19(8-6-14-27(23,24)4)9-10-20-15-21(29)16-25(30)22(20)17-28/h9-10,17-18,21,23-25,29-31H,5-8,11-16H2,1-4H3/b19-9+,20-10-,22-17+/t18-,21-,23-,24?,25+,27-/m1/s1. The lowest BCUT2D eigenvalue weighted by Gasteiger charge is -2.44. The maximum Gasteiger partial charge on any atom is 0.0927 e. The first-order valence-corrected chi connectivity index (χ1v) is 12.3. The van der Waals surface area contributed by atoms with Gasteiger partial charge in [-0.3, -0.25) is 0 Å². The van der Waals surface area contributed by atoms with E-state index in [1.165, 1.54) is 37.7 Å². The molecule has 176 valence electrons. The highest BCUT2D eigenvalue weighted by Crippen LogP contribution is 2.60. The number of allylic oxidation sites excluding steroid dienone is 3. The zero-order valence-corrected chi connectivity index (χ0v) is 19.9. The summed E-state index contributed by atoms with van der Waals surface area (Å²) in [5.41, 5.74) is 2.23. The predicted molar refractivity (Wildman–Crippen MR) is 124 cm³/mol. The van der Waals surface area contributed by atoms with E-state index < -0.39 is 17.8 Å². The van der Waals surface area contributed by atoms with Gasteiger partial charge >= 0.3 is 0 Å². The summed E-state index contributed by atoms with van der Waals surface area (Å²) in [6.07, 6.45) is 12.8. The molecule has 0 radical (unpaired) electrons. The second-order valence-electron chi connectivity index (χ2n) is 11.4. The van der Waals surface area contributed by atoms with Crippen LogP contribution in [-0.4, -0.2) is 33.1 Å². The van der Waals surface area contributed by atoms with Crippen LogP contribution in [0.25, 0.3) is 0 Å². The van der Waals surface area contributed by atoms with Crippen molar-refractivity contribution < 1.29 is 19.7 Å². The molecule has 0 aromatic carbocycles. The van der Waals surface area contributed by atoms with E-state index in [4.69, 9.17) is 0 Å². The zero-order chi connectivity index (χ0) is 22.8. The van der Waals surface area contributed by atoms with Gasteiger partial charge in [0.15, 0.2) is 0 Å². The van der Waals surface area contributed by atoms with Crippen LogP contribution in [0.4, 0.5) is 4.39 Å². The molecule has 0 spiro atoms. The fraction of sp³-hybridized carbons (Fsp3) is 0.778. The van der Waals surface area contributed by atoms with Crippen molar-refractivity contribution in [3.63, 3.8) is 0 Å². The van der Waals surface area contributed by atoms with E-state index in [0.717, 1.165) is 24.8 Å². The van der Waals surface area contributed by atoms with Crippen LogP contribution in [0, 0.1) is 23.2 Å². The minimum Gasteiger partial charge on any atom is -0.393 e. The molecule has 6 atom stereocenters. The van der Waals surface area contributed by atoms with Crippen molar-refractivity contribution in [1.82, 2.24) is 0 Å². The van der Waals surface area contributed by atoms with Gasteiger partial charge in [0, 0.05) is 12.0 Å². The van der Waals surface area contributed by atoms with Crippen LogP contribution in [0.2, 0.25) is 0 Å². The average Bonchev–Trinajstić information content (AvgIpc) is 3.02. The highest BCUT2D eigenvalue weighted by Gasteiger charge is 2.50. The monoisotopic (exact) mass is 434 g/mol. The number of rotatable bonds is 6. The second kappa shape index (κ2) is 9.89. The zero-order valence-electron chi connectivity index (χ0n) is 19.9. The van der Waals surface area contributed by atoms with Gasteiger partial charge in [-0.2, -0.15) is 0 Å². The van der Waals surface area contributed by atoms with Crippen molar-refractivity contribution in [1.29, 1.82) is 0 Å². The van der Waals surface area contributed by atoms with Crippen LogP contribution < -0.4 is 0 Å². The summed E-state index contributed by atoms with van der Waals surface area (Å²) >= 11 is 0. The Hall–Kier alpha value is -0.970. The van der Waals surface area contributed by atoms with Gasteiger partial charge in [0.25, 0.3) is 0 Å². The molecule has 3 saturated carbocycles. The molecule has 3 nitrogen and oxygen atoms in total. The maximum absolute atomic E-state index is 13.4. The Morgan fingerprint density at radius 2 is 1.97 bits per heavy atom. The molecule has 3 rings (SSSR count). The highest BCUT2D eigenvalue weighted by molar-refractivity contribution is 5.39. The summed E-state index contributed by atoms with van der Waals surface area (Å²) in [6, 6.07) is 0. The Bertz CT molecular complexity index is 716. The van der Waals surface area contributed by atoms with E-state index in [1.54, 1.807) is 0 Å². The molecule has 3 aliphatic rings. The van der Waals surface area contributed by atoms with Crippen LogP contribution in [0.3, 0.4) is 0 Å². The Labute approximate surface area is 188 Å². The highest BCUT2D eigenvalue weighted by atomic mass is 19.1. The quantitative estimate of drug-likeness (QED) is 0.480.